The maximum atomic E-state index is 13.8. The van der Waals surface area contributed by atoms with Crippen LogP contribution in [0.25, 0.3) is 0 Å². The van der Waals surface area contributed by atoms with E-state index in [4.69, 9.17) is 5.73 Å². The number of rotatable bonds is 4. The predicted octanol–water partition coefficient (Wildman–Crippen LogP) is 2.91. The molecule has 1 aromatic carbocycles. The van der Waals surface area contributed by atoms with E-state index in [1.165, 1.54) is 18.2 Å². The van der Waals surface area contributed by atoms with E-state index in [1.807, 2.05) is 6.92 Å². The molecule has 0 fully saturated rings. The average Bonchev–Trinajstić information content (AvgIpc) is 2.45. The van der Waals surface area contributed by atoms with Gasteiger partial charge in [0.2, 0.25) is 5.82 Å². The van der Waals surface area contributed by atoms with Gasteiger partial charge in [0.15, 0.2) is 0 Å². The highest BCUT2D eigenvalue weighted by molar-refractivity contribution is 5.58. The minimum absolute atomic E-state index is 0.162. The Hall–Kier alpha value is -2.70. The van der Waals surface area contributed by atoms with E-state index in [9.17, 15) is 14.5 Å². The molecular formula is C14H15FN4O2. The van der Waals surface area contributed by atoms with Gasteiger partial charge in [-0.3, -0.25) is 10.1 Å². The van der Waals surface area contributed by atoms with Gasteiger partial charge in [-0.25, -0.2) is 9.37 Å². The van der Waals surface area contributed by atoms with E-state index in [0.717, 1.165) is 0 Å². The molecular weight excluding hydrogens is 275 g/mol. The Balaban J connectivity index is 2.32. The molecule has 6 nitrogen and oxygen atoms in total. The van der Waals surface area contributed by atoms with E-state index in [-0.39, 0.29) is 23.4 Å². The van der Waals surface area contributed by atoms with Gasteiger partial charge in [-0.1, -0.05) is 18.2 Å². The smallest absolute Gasteiger partial charge is 0.311 e. The number of anilines is 2. The number of hydrogen-bond acceptors (Lipinski definition) is 5. The third kappa shape index (κ3) is 2.91. The molecule has 2 N–H and O–H groups in total. The van der Waals surface area contributed by atoms with Crippen LogP contribution in [0.15, 0.2) is 36.4 Å². The molecule has 0 bridgehead atoms. The van der Waals surface area contributed by atoms with Crippen molar-refractivity contribution in [2.75, 3.05) is 17.7 Å². The third-order valence-electron chi connectivity index (χ3n) is 3.38. The van der Waals surface area contributed by atoms with Gasteiger partial charge >= 0.3 is 5.69 Å². The van der Waals surface area contributed by atoms with Crippen LogP contribution >= 0.6 is 0 Å². The second-order valence-electron chi connectivity index (χ2n) is 4.64. The summed E-state index contributed by atoms with van der Waals surface area (Å²) in [6.45, 7) is 1.82. The summed E-state index contributed by atoms with van der Waals surface area (Å²) >= 11 is 0. The number of pyridine rings is 1. The van der Waals surface area contributed by atoms with Crippen molar-refractivity contribution in [2.24, 2.45) is 0 Å². The van der Waals surface area contributed by atoms with Gasteiger partial charge in [-0.05, 0) is 19.1 Å². The second-order valence-corrected chi connectivity index (χ2v) is 4.64. The molecule has 0 amide bonds. The van der Waals surface area contributed by atoms with E-state index in [2.05, 4.69) is 4.98 Å². The molecule has 1 unspecified atom stereocenters. The van der Waals surface area contributed by atoms with Crippen molar-refractivity contribution in [3.63, 3.8) is 0 Å². The van der Waals surface area contributed by atoms with Crippen molar-refractivity contribution in [2.45, 2.75) is 13.0 Å². The van der Waals surface area contributed by atoms with Crippen LogP contribution in [0.5, 0.6) is 0 Å². The van der Waals surface area contributed by atoms with Crippen LogP contribution in [-0.4, -0.2) is 17.0 Å². The predicted molar refractivity (Wildman–Crippen MR) is 78.5 cm³/mol. The first-order valence-corrected chi connectivity index (χ1v) is 6.30. The highest BCUT2D eigenvalue weighted by Gasteiger charge is 2.19. The molecule has 7 heteroatoms. The molecule has 0 saturated carbocycles. The zero-order valence-corrected chi connectivity index (χ0v) is 11.7. The normalized spacial score (nSPS) is 12.0. The van der Waals surface area contributed by atoms with Gasteiger partial charge in [0.05, 0.1) is 11.0 Å². The molecule has 2 aromatic rings. The Labute approximate surface area is 121 Å². The minimum atomic E-state index is -0.591. The van der Waals surface area contributed by atoms with Crippen molar-refractivity contribution < 1.29 is 9.31 Å². The fourth-order valence-corrected chi connectivity index (χ4v) is 2.03. The Morgan fingerprint density at radius 1 is 1.33 bits per heavy atom. The quantitative estimate of drug-likeness (QED) is 0.691. The SMILES string of the molecule is CC(c1ccccc1F)N(C)c1ccc([N+](=O)[O-])c(N)n1. The monoisotopic (exact) mass is 290 g/mol. The lowest BCUT2D eigenvalue weighted by Gasteiger charge is -2.26. The number of aromatic nitrogens is 1. The van der Waals surface area contributed by atoms with E-state index >= 15 is 0 Å². The molecule has 1 atom stereocenters. The Bertz CT molecular complexity index is 678. The summed E-state index contributed by atoms with van der Waals surface area (Å²) in [4.78, 5) is 15.9. The Morgan fingerprint density at radius 2 is 2.00 bits per heavy atom. The number of nitrogen functional groups attached to an aromatic ring is 1. The van der Waals surface area contributed by atoms with Gasteiger partial charge in [-0.15, -0.1) is 0 Å². The van der Waals surface area contributed by atoms with E-state index in [1.54, 1.807) is 30.1 Å². The number of nitrogens with two attached hydrogens (primary N) is 1. The second kappa shape index (κ2) is 5.74. The summed E-state index contributed by atoms with van der Waals surface area (Å²) in [6, 6.07) is 8.93. The van der Waals surface area contributed by atoms with Crippen LogP contribution in [0.2, 0.25) is 0 Å². The standard InChI is InChI=1S/C14H15FN4O2/c1-9(10-5-3-4-6-11(10)15)18(2)13-8-7-12(19(20)21)14(16)17-13/h3-9H,1-2H3,(H2,16,17). The van der Waals surface area contributed by atoms with Crippen molar-refractivity contribution in [1.82, 2.24) is 4.98 Å². The zero-order valence-electron chi connectivity index (χ0n) is 11.7. The summed E-state index contributed by atoms with van der Waals surface area (Å²) in [6.07, 6.45) is 0. The largest absolute Gasteiger partial charge is 0.378 e. The first-order chi connectivity index (χ1) is 9.91. The molecule has 1 heterocycles. The van der Waals surface area contributed by atoms with Crippen molar-refractivity contribution in [3.05, 3.63) is 57.9 Å². The van der Waals surface area contributed by atoms with Crippen LogP contribution < -0.4 is 10.6 Å². The summed E-state index contributed by atoms with van der Waals surface area (Å²) in [5.74, 6) is -0.0364. The number of nitro groups is 1. The molecule has 21 heavy (non-hydrogen) atoms. The first-order valence-electron chi connectivity index (χ1n) is 6.30. The Morgan fingerprint density at radius 3 is 2.57 bits per heavy atom. The van der Waals surface area contributed by atoms with Gasteiger partial charge in [0, 0.05) is 18.7 Å². The molecule has 0 radical (unpaired) electrons. The molecule has 0 aliphatic carbocycles. The summed E-state index contributed by atoms with van der Waals surface area (Å²) in [7, 11) is 1.73. The lowest BCUT2D eigenvalue weighted by atomic mass is 10.1. The lowest BCUT2D eigenvalue weighted by Crippen LogP contribution is -2.23. The summed E-state index contributed by atoms with van der Waals surface area (Å²) < 4.78 is 13.8. The number of hydrogen-bond donors (Lipinski definition) is 1. The molecule has 2 rings (SSSR count). The highest BCUT2D eigenvalue weighted by Crippen LogP contribution is 2.28. The van der Waals surface area contributed by atoms with Crippen LogP contribution in [0, 0.1) is 15.9 Å². The van der Waals surface area contributed by atoms with Crippen LogP contribution in [0.1, 0.15) is 18.5 Å². The molecule has 0 aliphatic rings. The molecule has 1 aromatic heterocycles. The highest BCUT2D eigenvalue weighted by atomic mass is 19.1. The molecule has 0 saturated heterocycles. The zero-order chi connectivity index (χ0) is 15.6. The van der Waals surface area contributed by atoms with E-state index in [0.29, 0.717) is 11.4 Å². The topological polar surface area (TPSA) is 85.3 Å². The fourth-order valence-electron chi connectivity index (χ4n) is 2.03. The van der Waals surface area contributed by atoms with Gasteiger partial charge in [0.25, 0.3) is 0 Å². The van der Waals surface area contributed by atoms with E-state index < -0.39 is 4.92 Å². The first kappa shape index (κ1) is 14.7. The van der Waals surface area contributed by atoms with Crippen LogP contribution in [0.3, 0.4) is 0 Å². The summed E-state index contributed by atoms with van der Waals surface area (Å²) in [5, 5.41) is 10.7. The van der Waals surface area contributed by atoms with Crippen molar-refractivity contribution >= 4 is 17.3 Å². The molecule has 0 spiro atoms. The minimum Gasteiger partial charge on any atom is -0.378 e. The maximum absolute atomic E-state index is 13.8. The average molecular weight is 290 g/mol. The van der Waals surface area contributed by atoms with Gasteiger partial charge in [0.1, 0.15) is 11.6 Å². The number of halogens is 1. The van der Waals surface area contributed by atoms with Crippen molar-refractivity contribution in [3.8, 4) is 0 Å². The Kier molecular flexibility index (Phi) is 4.02. The molecule has 0 aliphatic heterocycles. The van der Waals surface area contributed by atoms with Crippen molar-refractivity contribution in [1.29, 1.82) is 0 Å². The van der Waals surface area contributed by atoms with Gasteiger partial charge in [-0.2, -0.15) is 0 Å². The lowest BCUT2D eigenvalue weighted by molar-refractivity contribution is -0.384. The molecule has 110 valence electrons. The van der Waals surface area contributed by atoms with Gasteiger partial charge < -0.3 is 10.6 Å². The maximum Gasteiger partial charge on any atom is 0.311 e. The fraction of sp³-hybridized carbons (Fsp3) is 0.214. The number of nitrogens with zero attached hydrogens (tertiary/aromatic N) is 3. The van der Waals surface area contributed by atoms with Crippen LogP contribution in [0.4, 0.5) is 21.7 Å². The third-order valence-corrected chi connectivity index (χ3v) is 3.38. The van der Waals surface area contributed by atoms with Crippen LogP contribution in [-0.2, 0) is 0 Å². The summed E-state index contributed by atoms with van der Waals surface area (Å²) in [5.41, 5.74) is 5.84. The number of benzene rings is 1.